The van der Waals surface area contributed by atoms with Gasteiger partial charge in [-0.2, -0.15) is 0 Å². The number of hydrogen-bond acceptors (Lipinski definition) is 10. The fourth-order valence-corrected chi connectivity index (χ4v) is 2.67. The van der Waals surface area contributed by atoms with Crippen molar-refractivity contribution in [3.8, 4) is 11.4 Å². The number of ether oxygens (including phenoxy) is 2. The van der Waals surface area contributed by atoms with E-state index in [0.717, 1.165) is 0 Å². The van der Waals surface area contributed by atoms with Gasteiger partial charge in [0.2, 0.25) is 0 Å². The minimum atomic E-state index is -0.490. The van der Waals surface area contributed by atoms with Crippen LogP contribution in [0.2, 0.25) is 0 Å². The zero-order chi connectivity index (χ0) is 21.5. The maximum absolute atomic E-state index is 12.2. The number of nitrogens with zero attached hydrogens (tertiary/aromatic N) is 8. The van der Waals surface area contributed by atoms with Gasteiger partial charge >= 0.3 is 11.9 Å². The van der Waals surface area contributed by atoms with Crippen molar-refractivity contribution in [2.75, 3.05) is 13.2 Å². The largest absolute Gasteiger partial charge is 0.462 e. The van der Waals surface area contributed by atoms with Crippen LogP contribution in [0.3, 0.4) is 0 Å². The van der Waals surface area contributed by atoms with Crippen molar-refractivity contribution >= 4 is 11.9 Å². The molecule has 12 nitrogen and oxygen atoms in total. The van der Waals surface area contributed by atoms with Gasteiger partial charge in [-0.15, -0.1) is 10.2 Å². The van der Waals surface area contributed by atoms with Gasteiger partial charge in [0, 0.05) is 6.42 Å². The molecule has 0 atom stereocenters. The molecule has 0 saturated carbocycles. The lowest BCUT2D eigenvalue weighted by atomic mass is 10.2. The van der Waals surface area contributed by atoms with Crippen molar-refractivity contribution in [1.29, 1.82) is 0 Å². The van der Waals surface area contributed by atoms with Crippen molar-refractivity contribution in [3.63, 3.8) is 0 Å². The molecule has 0 radical (unpaired) electrons. The van der Waals surface area contributed by atoms with E-state index in [1.165, 1.54) is 22.0 Å². The lowest BCUT2D eigenvalue weighted by Crippen LogP contribution is -2.12. The Bertz CT molecular complexity index is 1070. The Hall–Kier alpha value is -4.48. The highest BCUT2D eigenvalue weighted by atomic mass is 16.5. The maximum Gasteiger partial charge on any atom is 0.338 e. The predicted octanol–water partition coefficient (Wildman–Crippen LogP) is 1.04. The number of tetrazole rings is 2. The summed E-state index contributed by atoms with van der Waals surface area (Å²) in [6.45, 7) is 0.206. The van der Waals surface area contributed by atoms with Crippen LogP contribution in [-0.4, -0.2) is 65.6 Å². The zero-order valence-corrected chi connectivity index (χ0v) is 16.1. The number of carbonyl (C=O) groups is 2. The Labute approximate surface area is 175 Å². The van der Waals surface area contributed by atoms with Crippen LogP contribution in [0.5, 0.6) is 0 Å². The molecule has 0 spiro atoms. The second-order valence-corrected chi connectivity index (χ2v) is 6.23. The molecule has 4 rings (SSSR count). The van der Waals surface area contributed by atoms with Gasteiger partial charge in [0.1, 0.15) is 12.7 Å². The molecule has 0 saturated heterocycles. The summed E-state index contributed by atoms with van der Waals surface area (Å²) in [4.78, 5) is 24.5. The second-order valence-electron chi connectivity index (χ2n) is 6.23. The normalized spacial score (nSPS) is 10.6. The van der Waals surface area contributed by atoms with Crippen LogP contribution in [0.1, 0.15) is 27.1 Å². The van der Waals surface area contributed by atoms with Crippen molar-refractivity contribution in [2.45, 2.75) is 6.42 Å². The number of hydrogen-bond donors (Lipinski definition) is 0. The molecule has 0 aliphatic heterocycles. The zero-order valence-electron chi connectivity index (χ0n) is 16.1. The summed E-state index contributed by atoms with van der Waals surface area (Å²) in [5, 5.41) is 21.8. The van der Waals surface area contributed by atoms with Crippen LogP contribution < -0.4 is 0 Å². The molecule has 0 N–H and O–H groups in total. The average Bonchev–Trinajstić information content (AvgIpc) is 3.53. The van der Waals surface area contributed by atoms with Crippen LogP contribution in [0.15, 0.2) is 61.2 Å². The Morgan fingerprint density at radius 2 is 1.23 bits per heavy atom. The van der Waals surface area contributed by atoms with E-state index >= 15 is 0 Å². The molecule has 0 bridgehead atoms. The topological polar surface area (TPSA) is 140 Å². The van der Waals surface area contributed by atoms with E-state index in [1.54, 1.807) is 48.5 Å². The Balaban J connectivity index is 1.23. The first kappa shape index (κ1) is 19.8. The molecule has 0 fully saturated rings. The van der Waals surface area contributed by atoms with Crippen molar-refractivity contribution in [1.82, 2.24) is 40.4 Å². The van der Waals surface area contributed by atoms with Gasteiger partial charge < -0.3 is 9.47 Å². The Kier molecular flexibility index (Phi) is 5.97. The monoisotopic (exact) mass is 420 g/mol. The molecular weight excluding hydrogens is 404 g/mol. The van der Waals surface area contributed by atoms with E-state index < -0.39 is 11.9 Å². The van der Waals surface area contributed by atoms with E-state index in [-0.39, 0.29) is 13.2 Å². The Morgan fingerprint density at radius 3 is 1.65 bits per heavy atom. The lowest BCUT2D eigenvalue weighted by Gasteiger charge is -2.08. The second kappa shape index (κ2) is 9.35. The fraction of sp³-hybridized carbons (Fsp3) is 0.158. The van der Waals surface area contributed by atoms with Crippen molar-refractivity contribution in [3.05, 3.63) is 72.3 Å². The third-order valence-electron chi connectivity index (χ3n) is 4.15. The standard InChI is InChI=1S/C19H16N8O4/c28-18(14-4-1-6-16(10-14)26-12-20-22-24-26)30-8-3-9-31-19(29)15-5-2-7-17(11-15)27-13-21-23-25-27/h1-2,4-7,10-13H,3,8-9H2. The molecule has 0 aliphatic rings. The van der Waals surface area contributed by atoms with E-state index in [9.17, 15) is 9.59 Å². The molecule has 31 heavy (non-hydrogen) atoms. The first-order valence-electron chi connectivity index (χ1n) is 9.22. The van der Waals surface area contributed by atoms with Crippen LogP contribution in [-0.2, 0) is 9.47 Å². The number of aromatic nitrogens is 8. The third-order valence-corrected chi connectivity index (χ3v) is 4.15. The van der Waals surface area contributed by atoms with E-state index in [4.69, 9.17) is 9.47 Å². The third kappa shape index (κ3) is 4.93. The molecule has 12 heteroatoms. The van der Waals surface area contributed by atoms with Gasteiger partial charge in [-0.3, -0.25) is 0 Å². The summed E-state index contributed by atoms with van der Waals surface area (Å²) < 4.78 is 13.3. The molecule has 2 heterocycles. The first-order chi connectivity index (χ1) is 15.2. The minimum Gasteiger partial charge on any atom is -0.462 e. The molecule has 4 aromatic rings. The van der Waals surface area contributed by atoms with Gasteiger partial charge in [0.05, 0.1) is 35.7 Å². The SMILES string of the molecule is O=C(OCCCOC(=O)c1cccc(-n2cnnn2)c1)c1cccc(-n2cnnn2)c1. The van der Waals surface area contributed by atoms with Gasteiger partial charge in [-0.25, -0.2) is 19.0 Å². The molecule has 0 amide bonds. The summed E-state index contributed by atoms with van der Waals surface area (Å²) >= 11 is 0. The molecule has 156 valence electrons. The number of carbonyl (C=O) groups excluding carboxylic acids is 2. The highest BCUT2D eigenvalue weighted by Gasteiger charge is 2.11. The quantitative estimate of drug-likeness (QED) is 0.300. The van der Waals surface area contributed by atoms with Gasteiger partial charge in [0.15, 0.2) is 0 Å². The fourth-order valence-electron chi connectivity index (χ4n) is 2.67. The smallest absolute Gasteiger partial charge is 0.338 e. The van der Waals surface area contributed by atoms with Gasteiger partial charge in [0.25, 0.3) is 0 Å². The van der Waals surface area contributed by atoms with E-state index in [2.05, 4.69) is 31.1 Å². The summed E-state index contributed by atoms with van der Waals surface area (Å²) in [5.74, 6) is -0.981. The van der Waals surface area contributed by atoms with Crippen LogP contribution >= 0.6 is 0 Å². The highest BCUT2D eigenvalue weighted by Crippen LogP contribution is 2.11. The highest BCUT2D eigenvalue weighted by molar-refractivity contribution is 5.90. The van der Waals surface area contributed by atoms with Crippen LogP contribution in [0, 0.1) is 0 Å². The summed E-state index contributed by atoms with van der Waals surface area (Å²) in [7, 11) is 0. The van der Waals surface area contributed by atoms with Gasteiger partial charge in [-0.05, 0) is 57.3 Å². The minimum absolute atomic E-state index is 0.103. The number of benzene rings is 2. The lowest BCUT2D eigenvalue weighted by molar-refractivity contribution is 0.0396. The van der Waals surface area contributed by atoms with Crippen molar-refractivity contribution < 1.29 is 19.1 Å². The van der Waals surface area contributed by atoms with E-state index in [0.29, 0.717) is 28.9 Å². The van der Waals surface area contributed by atoms with E-state index in [1.807, 2.05) is 0 Å². The maximum atomic E-state index is 12.2. The van der Waals surface area contributed by atoms with Gasteiger partial charge in [-0.1, -0.05) is 12.1 Å². The Morgan fingerprint density at radius 1 is 0.742 bits per heavy atom. The average molecular weight is 420 g/mol. The van der Waals surface area contributed by atoms with Crippen LogP contribution in [0.25, 0.3) is 11.4 Å². The molecule has 2 aromatic carbocycles. The molecular formula is C19H16N8O4. The number of esters is 2. The molecule has 0 aliphatic carbocycles. The molecule has 0 unspecified atom stereocenters. The first-order valence-corrected chi connectivity index (χ1v) is 9.22. The van der Waals surface area contributed by atoms with Crippen LogP contribution in [0.4, 0.5) is 0 Å². The summed E-state index contributed by atoms with van der Waals surface area (Å²) in [5.41, 5.74) is 2.00. The number of rotatable bonds is 8. The predicted molar refractivity (Wildman–Crippen MR) is 103 cm³/mol. The summed E-state index contributed by atoms with van der Waals surface area (Å²) in [6.07, 6.45) is 3.21. The van der Waals surface area contributed by atoms with Crippen molar-refractivity contribution in [2.24, 2.45) is 0 Å². The summed E-state index contributed by atoms with van der Waals surface area (Å²) in [6, 6.07) is 13.5. The molecule has 2 aromatic heterocycles.